The number of benzene rings is 1. The first-order valence-electron chi connectivity index (χ1n) is 7.23. The van der Waals surface area contributed by atoms with Crippen LogP contribution in [0, 0.1) is 18.3 Å². The van der Waals surface area contributed by atoms with E-state index in [1.807, 2.05) is 0 Å². The molecule has 1 aliphatic carbocycles. The van der Waals surface area contributed by atoms with Gasteiger partial charge in [-0.15, -0.1) is 0 Å². The van der Waals surface area contributed by atoms with Gasteiger partial charge in [0.2, 0.25) is 0 Å². The summed E-state index contributed by atoms with van der Waals surface area (Å²) in [5, 5.41) is 0. The molecule has 0 saturated heterocycles. The molecule has 19 heavy (non-hydrogen) atoms. The first-order valence-corrected chi connectivity index (χ1v) is 7.23. The van der Waals surface area contributed by atoms with Crippen molar-refractivity contribution >= 4 is 5.57 Å². The van der Waals surface area contributed by atoms with Crippen molar-refractivity contribution < 1.29 is 4.74 Å². The molecule has 1 aromatic rings. The second-order valence-corrected chi connectivity index (χ2v) is 6.45. The maximum atomic E-state index is 5.31. The lowest BCUT2D eigenvalue weighted by molar-refractivity contribution is 0.260. The monoisotopic (exact) mass is 258 g/mol. The topological polar surface area (TPSA) is 9.23 Å². The molecule has 1 aliphatic rings. The number of ether oxygens (including phenoxy) is 1. The van der Waals surface area contributed by atoms with Gasteiger partial charge in [0.25, 0.3) is 0 Å². The van der Waals surface area contributed by atoms with Gasteiger partial charge in [0, 0.05) is 0 Å². The lowest BCUT2D eigenvalue weighted by Crippen LogP contribution is -2.27. The molecular weight excluding hydrogens is 232 g/mol. The van der Waals surface area contributed by atoms with Crippen LogP contribution in [0.4, 0.5) is 0 Å². The second kappa shape index (κ2) is 5.03. The van der Waals surface area contributed by atoms with Crippen LogP contribution in [0.25, 0.3) is 5.57 Å². The Hall–Kier alpha value is -1.24. The van der Waals surface area contributed by atoms with E-state index in [1.54, 1.807) is 18.3 Å². The van der Waals surface area contributed by atoms with Crippen LogP contribution < -0.4 is 4.74 Å². The van der Waals surface area contributed by atoms with Gasteiger partial charge in [-0.2, -0.15) is 0 Å². The Morgan fingerprint density at radius 1 is 1.21 bits per heavy atom. The van der Waals surface area contributed by atoms with Crippen molar-refractivity contribution in [2.45, 2.75) is 47.5 Å². The average Bonchev–Trinajstić information content (AvgIpc) is 2.38. The van der Waals surface area contributed by atoms with Crippen LogP contribution >= 0.6 is 0 Å². The second-order valence-electron chi connectivity index (χ2n) is 6.45. The fourth-order valence-corrected chi connectivity index (χ4v) is 3.11. The largest absolute Gasteiger partial charge is 0.497 e. The molecule has 104 valence electrons. The maximum Gasteiger partial charge on any atom is 0.119 e. The molecule has 1 unspecified atom stereocenters. The van der Waals surface area contributed by atoms with Gasteiger partial charge in [-0.1, -0.05) is 32.4 Å². The molecule has 1 atom stereocenters. The van der Waals surface area contributed by atoms with Gasteiger partial charge in [0.05, 0.1) is 7.11 Å². The van der Waals surface area contributed by atoms with Crippen molar-refractivity contribution in [1.29, 1.82) is 0 Å². The Morgan fingerprint density at radius 3 is 2.47 bits per heavy atom. The number of rotatable bonds is 2. The Labute approximate surface area is 117 Å². The van der Waals surface area contributed by atoms with Crippen molar-refractivity contribution in [2.75, 3.05) is 7.11 Å². The van der Waals surface area contributed by atoms with Crippen LogP contribution in [0.1, 0.15) is 51.7 Å². The Bertz CT molecular complexity index is 508. The minimum Gasteiger partial charge on any atom is -0.497 e. The summed E-state index contributed by atoms with van der Waals surface area (Å²) in [6.45, 7) is 11.6. The van der Waals surface area contributed by atoms with Crippen LogP contribution in [-0.4, -0.2) is 7.11 Å². The molecule has 0 bridgehead atoms. The highest BCUT2D eigenvalue weighted by molar-refractivity contribution is 5.73. The molecule has 0 N–H and O–H groups in total. The van der Waals surface area contributed by atoms with E-state index in [0.29, 0.717) is 5.41 Å². The number of hydrogen-bond acceptors (Lipinski definition) is 1. The Morgan fingerprint density at radius 2 is 1.89 bits per heavy atom. The van der Waals surface area contributed by atoms with Gasteiger partial charge in [0.1, 0.15) is 5.75 Å². The normalized spacial score (nSPS) is 22.5. The summed E-state index contributed by atoms with van der Waals surface area (Å²) in [6.07, 6.45) is 2.48. The van der Waals surface area contributed by atoms with Gasteiger partial charge >= 0.3 is 0 Å². The van der Waals surface area contributed by atoms with E-state index < -0.39 is 0 Å². The molecule has 0 aromatic heterocycles. The van der Waals surface area contributed by atoms with Gasteiger partial charge in [0.15, 0.2) is 0 Å². The van der Waals surface area contributed by atoms with Gasteiger partial charge in [-0.25, -0.2) is 0 Å². The van der Waals surface area contributed by atoms with Crippen LogP contribution in [0.5, 0.6) is 5.75 Å². The molecule has 0 saturated carbocycles. The standard InChI is InChI=1S/C18H26O/c1-12-11-15(19-6)8-10-16(12)17-9-7-13(2)18(4,5)14(17)3/h8,10-11,13H,7,9H2,1-6H3. The summed E-state index contributed by atoms with van der Waals surface area (Å²) in [5.74, 6) is 1.71. The highest BCUT2D eigenvalue weighted by atomic mass is 16.5. The predicted molar refractivity (Wildman–Crippen MR) is 82.5 cm³/mol. The maximum absolute atomic E-state index is 5.31. The third kappa shape index (κ3) is 2.43. The number of hydrogen-bond donors (Lipinski definition) is 0. The zero-order valence-electron chi connectivity index (χ0n) is 13.1. The number of methoxy groups -OCH3 is 1. The van der Waals surface area contributed by atoms with Gasteiger partial charge in [-0.3, -0.25) is 0 Å². The van der Waals surface area contributed by atoms with E-state index >= 15 is 0 Å². The SMILES string of the molecule is COc1ccc(C2=C(C)C(C)(C)C(C)CC2)c(C)c1. The highest BCUT2D eigenvalue weighted by Gasteiger charge is 2.33. The first-order chi connectivity index (χ1) is 8.87. The van der Waals surface area contributed by atoms with E-state index in [-0.39, 0.29) is 0 Å². The molecule has 0 spiro atoms. The summed E-state index contributed by atoms with van der Waals surface area (Å²) in [7, 11) is 1.73. The molecule has 1 aromatic carbocycles. The lowest BCUT2D eigenvalue weighted by atomic mass is 9.65. The van der Waals surface area contributed by atoms with Crippen molar-refractivity contribution in [3.8, 4) is 5.75 Å². The van der Waals surface area contributed by atoms with Crippen molar-refractivity contribution in [1.82, 2.24) is 0 Å². The highest BCUT2D eigenvalue weighted by Crippen LogP contribution is 2.47. The third-order valence-corrected chi connectivity index (χ3v) is 5.24. The first kappa shape index (κ1) is 14.2. The van der Waals surface area contributed by atoms with E-state index in [2.05, 4.69) is 52.8 Å². The summed E-state index contributed by atoms with van der Waals surface area (Å²) in [6, 6.07) is 6.44. The van der Waals surface area contributed by atoms with E-state index in [1.165, 1.54) is 24.0 Å². The zero-order valence-corrected chi connectivity index (χ0v) is 13.1. The van der Waals surface area contributed by atoms with Crippen LogP contribution in [0.2, 0.25) is 0 Å². The molecule has 0 heterocycles. The molecule has 0 amide bonds. The molecule has 2 rings (SSSR count). The molecule has 1 heteroatoms. The predicted octanol–water partition coefficient (Wildman–Crippen LogP) is 5.23. The third-order valence-electron chi connectivity index (χ3n) is 5.24. The summed E-state index contributed by atoms with van der Waals surface area (Å²) in [5.41, 5.74) is 6.13. The van der Waals surface area contributed by atoms with Gasteiger partial charge < -0.3 is 4.74 Å². The van der Waals surface area contributed by atoms with E-state index in [9.17, 15) is 0 Å². The van der Waals surface area contributed by atoms with Crippen molar-refractivity contribution in [2.24, 2.45) is 11.3 Å². The fourth-order valence-electron chi connectivity index (χ4n) is 3.11. The van der Waals surface area contributed by atoms with Crippen molar-refractivity contribution in [3.63, 3.8) is 0 Å². The average molecular weight is 258 g/mol. The quantitative estimate of drug-likeness (QED) is 0.705. The zero-order chi connectivity index (χ0) is 14.2. The van der Waals surface area contributed by atoms with Crippen LogP contribution in [0.3, 0.4) is 0 Å². The molecular formula is C18H26O. The summed E-state index contributed by atoms with van der Waals surface area (Å²) >= 11 is 0. The Kier molecular flexibility index (Phi) is 3.75. The summed E-state index contributed by atoms with van der Waals surface area (Å²) < 4.78 is 5.31. The van der Waals surface area contributed by atoms with Gasteiger partial charge in [-0.05, 0) is 66.9 Å². The van der Waals surface area contributed by atoms with Crippen LogP contribution in [-0.2, 0) is 0 Å². The Balaban J connectivity index is 2.50. The number of aryl methyl sites for hydroxylation is 1. The molecule has 1 nitrogen and oxygen atoms in total. The van der Waals surface area contributed by atoms with Crippen LogP contribution in [0.15, 0.2) is 23.8 Å². The minimum absolute atomic E-state index is 0.306. The fraction of sp³-hybridized carbons (Fsp3) is 0.556. The molecule has 0 radical (unpaired) electrons. The lowest BCUT2D eigenvalue weighted by Gasteiger charge is -2.40. The summed E-state index contributed by atoms with van der Waals surface area (Å²) in [4.78, 5) is 0. The van der Waals surface area contributed by atoms with E-state index in [0.717, 1.165) is 11.7 Å². The molecule has 0 aliphatic heterocycles. The molecule has 0 fully saturated rings. The smallest absolute Gasteiger partial charge is 0.119 e. The van der Waals surface area contributed by atoms with Crippen molar-refractivity contribution in [3.05, 3.63) is 34.9 Å². The van der Waals surface area contributed by atoms with E-state index in [4.69, 9.17) is 4.74 Å². The minimum atomic E-state index is 0.306. The number of allylic oxidation sites excluding steroid dienone is 2.